The maximum absolute atomic E-state index is 10.3. The SMILES string of the molecule is [B+](c1ccccc1)c1ccccc1.[O-]c1ccccc1. The molecule has 0 atom stereocenters. The molecule has 3 aromatic rings. The van der Waals surface area contributed by atoms with E-state index in [4.69, 9.17) is 0 Å². The van der Waals surface area contributed by atoms with Crippen LogP contribution in [0.15, 0.2) is 91.0 Å². The average Bonchev–Trinajstić information content (AvgIpc) is 2.51. The van der Waals surface area contributed by atoms with Gasteiger partial charge in [-0.25, -0.2) is 0 Å². The van der Waals surface area contributed by atoms with Crippen LogP contribution in [0.3, 0.4) is 0 Å². The molecule has 3 aromatic carbocycles. The topological polar surface area (TPSA) is 23.1 Å². The smallest absolute Gasteiger partial charge is 0.0623 e. The fourth-order valence-corrected chi connectivity index (χ4v) is 1.71. The summed E-state index contributed by atoms with van der Waals surface area (Å²) in [6, 6.07) is 29.0. The standard InChI is InChI=1S/C12H10B.C6H6O/c1-3-7-11(8-4-1)13-12-9-5-2-6-10-12;7-6-4-2-1-3-5-6/h1-10H;1-5,7H/q+1;/p-1. The molecule has 0 N–H and O–H groups in total. The first-order chi connectivity index (χ1) is 9.84. The van der Waals surface area contributed by atoms with Crippen LogP contribution in [0.2, 0.25) is 0 Å². The quantitative estimate of drug-likeness (QED) is 0.645. The number of para-hydroxylation sites is 1. The minimum Gasteiger partial charge on any atom is -0.872 e. The Kier molecular flexibility index (Phi) is 5.47. The van der Waals surface area contributed by atoms with E-state index >= 15 is 0 Å². The molecule has 20 heavy (non-hydrogen) atoms. The van der Waals surface area contributed by atoms with Crippen molar-refractivity contribution in [2.24, 2.45) is 0 Å². The Morgan fingerprint density at radius 2 is 0.850 bits per heavy atom. The van der Waals surface area contributed by atoms with Crippen molar-refractivity contribution in [3.63, 3.8) is 0 Å². The first-order valence-corrected chi connectivity index (χ1v) is 6.51. The van der Waals surface area contributed by atoms with Crippen LogP contribution >= 0.6 is 0 Å². The van der Waals surface area contributed by atoms with Crippen LogP contribution in [-0.4, -0.2) is 7.28 Å². The van der Waals surface area contributed by atoms with E-state index in [2.05, 4.69) is 55.8 Å². The predicted molar refractivity (Wildman–Crippen MR) is 83.8 cm³/mol. The maximum atomic E-state index is 10.3. The Labute approximate surface area is 120 Å². The van der Waals surface area contributed by atoms with E-state index < -0.39 is 0 Å². The molecule has 0 amide bonds. The molecule has 0 aromatic heterocycles. The predicted octanol–water partition coefficient (Wildman–Crippen LogP) is 2.10. The fraction of sp³-hybridized carbons (Fsp3) is 0. The normalized spacial score (nSPS) is 9.00. The van der Waals surface area contributed by atoms with Gasteiger partial charge in [0.1, 0.15) is 0 Å². The summed E-state index contributed by atoms with van der Waals surface area (Å²) in [6.07, 6.45) is 0. The van der Waals surface area contributed by atoms with Crippen molar-refractivity contribution in [2.75, 3.05) is 0 Å². The van der Waals surface area contributed by atoms with Crippen molar-refractivity contribution >= 4 is 18.2 Å². The zero-order chi connectivity index (χ0) is 14.0. The van der Waals surface area contributed by atoms with Gasteiger partial charge in [-0.2, -0.15) is 0 Å². The van der Waals surface area contributed by atoms with Crippen molar-refractivity contribution < 1.29 is 5.11 Å². The second-order valence-electron chi connectivity index (χ2n) is 4.28. The van der Waals surface area contributed by atoms with Gasteiger partial charge in [-0.3, -0.25) is 0 Å². The Morgan fingerprint density at radius 1 is 0.500 bits per heavy atom. The number of hydrogen-bond acceptors (Lipinski definition) is 1. The van der Waals surface area contributed by atoms with Gasteiger partial charge in [0.05, 0.1) is 0 Å². The molecule has 0 heterocycles. The molecule has 0 saturated heterocycles. The van der Waals surface area contributed by atoms with Gasteiger partial charge >= 0.3 is 78.9 Å². The van der Waals surface area contributed by atoms with E-state index in [9.17, 15) is 5.11 Å². The van der Waals surface area contributed by atoms with Gasteiger partial charge in [0.2, 0.25) is 0 Å². The molecule has 0 aliphatic rings. The van der Waals surface area contributed by atoms with E-state index in [-0.39, 0.29) is 5.75 Å². The zero-order valence-electron chi connectivity index (χ0n) is 11.1. The van der Waals surface area contributed by atoms with Crippen molar-refractivity contribution in [2.45, 2.75) is 0 Å². The molecule has 0 unspecified atom stereocenters. The molecule has 0 saturated carbocycles. The van der Waals surface area contributed by atoms with Crippen molar-refractivity contribution in [1.29, 1.82) is 0 Å². The van der Waals surface area contributed by atoms with E-state index in [1.54, 1.807) is 12.1 Å². The molecular weight excluding hydrogens is 243 g/mol. The molecular formula is C18H15BO. The Balaban J connectivity index is 0.000000178. The number of hydrogen-bond donors (Lipinski definition) is 0. The summed E-state index contributed by atoms with van der Waals surface area (Å²) in [5, 5.41) is 10.3. The molecule has 0 fully saturated rings. The molecule has 2 heteroatoms. The summed E-state index contributed by atoms with van der Waals surface area (Å²) in [4.78, 5) is 0. The van der Waals surface area contributed by atoms with Crippen LogP contribution in [0.4, 0.5) is 0 Å². The second-order valence-corrected chi connectivity index (χ2v) is 4.28. The van der Waals surface area contributed by atoms with Gasteiger partial charge in [-0.05, 0) is 0 Å². The summed E-state index contributed by atoms with van der Waals surface area (Å²) >= 11 is 0. The summed E-state index contributed by atoms with van der Waals surface area (Å²) in [6.45, 7) is 0. The molecule has 0 radical (unpaired) electrons. The van der Waals surface area contributed by atoms with Crippen LogP contribution in [-0.2, 0) is 0 Å². The van der Waals surface area contributed by atoms with E-state index in [0.717, 1.165) is 0 Å². The molecule has 1 nitrogen and oxygen atoms in total. The Hall–Kier alpha value is -2.48. The summed E-state index contributed by atoms with van der Waals surface area (Å²) in [5.41, 5.74) is 2.49. The first kappa shape index (κ1) is 13.9. The first-order valence-electron chi connectivity index (χ1n) is 6.51. The molecule has 0 bridgehead atoms. The second kappa shape index (κ2) is 7.85. The van der Waals surface area contributed by atoms with Crippen LogP contribution in [0.25, 0.3) is 0 Å². The molecule has 0 aliphatic carbocycles. The Morgan fingerprint density at radius 3 is 1.15 bits per heavy atom. The van der Waals surface area contributed by atoms with Gasteiger partial charge in [0.15, 0.2) is 0 Å². The van der Waals surface area contributed by atoms with Crippen molar-refractivity contribution in [3.05, 3.63) is 91.0 Å². The van der Waals surface area contributed by atoms with Gasteiger partial charge in [-0.1, -0.05) is 30.3 Å². The third kappa shape index (κ3) is 5.03. The monoisotopic (exact) mass is 258 g/mol. The van der Waals surface area contributed by atoms with Crippen molar-refractivity contribution in [1.82, 2.24) is 0 Å². The van der Waals surface area contributed by atoms with Crippen molar-refractivity contribution in [3.8, 4) is 5.75 Å². The molecule has 96 valence electrons. The third-order valence-electron chi connectivity index (χ3n) is 2.68. The van der Waals surface area contributed by atoms with Crippen LogP contribution in [0.1, 0.15) is 0 Å². The third-order valence-corrected chi connectivity index (χ3v) is 2.68. The summed E-state index contributed by atoms with van der Waals surface area (Å²) in [7, 11) is 2.17. The summed E-state index contributed by atoms with van der Waals surface area (Å²) < 4.78 is 0. The van der Waals surface area contributed by atoms with E-state index in [1.165, 1.54) is 23.1 Å². The maximum Gasteiger partial charge on any atom is -0.0623 e. The minimum atomic E-state index is 0.0718. The van der Waals surface area contributed by atoms with Gasteiger partial charge in [-0.15, -0.1) is 5.75 Å². The van der Waals surface area contributed by atoms with Gasteiger partial charge < -0.3 is 5.11 Å². The average molecular weight is 258 g/mol. The Bertz CT molecular complexity index is 557. The van der Waals surface area contributed by atoms with E-state index in [1.807, 2.05) is 18.2 Å². The summed E-state index contributed by atoms with van der Waals surface area (Å²) in [5.74, 6) is 0.0718. The molecule has 0 spiro atoms. The van der Waals surface area contributed by atoms with Crippen LogP contribution in [0.5, 0.6) is 5.75 Å². The van der Waals surface area contributed by atoms with Crippen LogP contribution < -0.4 is 16.0 Å². The fourth-order valence-electron chi connectivity index (χ4n) is 1.71. The molecule has 3 rings (SSSR count). The number of benzene rings is 3. The minimum absolute atomic E-state index is 0.0718. The van der Waals surface area contributed by atoms with Crippen LogP contribution in [0, 0.1) is 0 Å². The van der Waals surface area contributed by atoms with E-state index in [0.29, 0.717) is 0 Å². The van der Waals surface area contributed by atoms with Gasteiger partial charge in [0, 0.05) is 0 Å². The van der Waals surface area contributed by atoms with Gasteiger partial charge in [0.25, 0.3) is 0 Å². The molecule has 0 aliphatic heterocycles. The number of rotatable bonds is 2. The zero-order valence-corrected chi connectivity index (χ0v) is 11.1. The largest absolute Gasteiger partial charge is 0.872 e.